The minimum absolute atomic E-state index is 0.123. The molecule has 0 amide bonds. The van der Waals surface area contributed by atoms with Crippen molar-refractivity contribution in [3.63, 3.8) is 0 Å². The average Bonchev–Trinajstić information content (AvgIpc) is 3.59. The van der Waals surface area contributed by atoms with Gasteiger partial charge in [-0.15, -0.1) is 0 Å². The van der Waals surface area contributed by atoms with Crippen molar-refractivity contribution in [2.45, 2.75) is 50.7 Å². The maximum absolute atomic E-state index is 8.88. The standard InChI is InChI=1S/C31H36N8O3Si/c1-31(2,3)43(23-12-6-4-7-13-23,24-14-8-5-9-15-24)41-19-26-25(40-21-37-38-34)17-27(42-26)39-18-22(11-10-16-32)28-29(33)35-20-36-30(28)39/h4-9,12-15,18,20,25-27H,16-17,19,21,32H2,1-3H3,(H2,33,35,36)/t25-,26-,27-/m1/s1. The highest BCUT2D eigenvalue weighted by Crippen LogP contribution is 2.39. The number of fused-ring (bicyclic) bond motifs is 1. The smallest absolute Gasteiger partial charge is 0.261 e. The van der Waals surface area contributed by atoms with Crippen LogP contribution in [-0.4, -0.2) is 54.9 Å². The van der Waals surface area contributed by atoms with Gasteiger partial charge in [-0.05, 0) is 20.9 Å². The zero-order valence-electron chi connectivity index (χ0n) is 24.6. The maximum atomic E-state index is 8.88. The molecule has 3 atom stereocenters. The third-order valence-corrected chi connectivity index (χ3v) is 12.7. The molecular formula is C31H36N8O3Si. The van der Waals surface area contributed by atoms with E-state index in [4.69, 9.17) is 30.9 Å². The monoisotopic (exact) mass is 596 g/mol. The molecule has 0 bridgehead atoms. The predicted molar refractivity (Wildman–Crippen MR) is 169 cm³/mol. The SMILES string of the molecule is CC(C)(C)[Si](OC[C@H]1O[C@@H](n2cc(C#CCN)c3c(N)ncnc32)C[C@H]1OCN=[N+]=[N-])(c1ccccc1)c1ccccc1. The van der Waals surface area contributed by atoms with Gasteiger partial charge in [-0.2, -0.15) is 0 Å². The molecule has 2 aromatic heterocycles. The lowest BCUT2D eigenvalue weighted by atomic mass is 10.2. The van der Waals surface area contributed by atoms with Crippen LogP contribution in [0, 0.1) is 11.8 Å². The third-order valence-electron chi connectivity index (χ3n) is 7.75. The Morgan fingerprint density at radius 2 is 1.79 bits per heavy atom. The number of aromatic nitrogens is 3. The van der Waals surface area contributed by atoms with Gasteiger partial charge in [-0.25, -0.2) is 9.97 Å². The largest absolute Gasteiger partial charge is 0.405 e. The second-order valence-corrected chi connectivity index (χ2v) is 15.6. The fourth-order valence-electron chi connectivity index (χ4n) is 5.89. The number of hydrogen-bond acceptors (Lipinski definition) is 8. The number of rotatable bonds is 9. The first kappa shape index (κ1) is 30.3. The van der Waals surface area contributed by atoms with Crippen molar-refractivity contribution in [2.75, 3.05) is 25.6 Å². The van der Waals surface area contributed by atoms with E-state index in [-0.39, 0.29) is 24.9 Å². The molecule has 1 saturated heterocycles. The van der Waals surface area contributed by atoms with E-state index < -0.39 is 26.8 Å². The van der Waals surface area contributed by atoms with Crippen LogP contribution in [0.2, 0.25) is 5.04 Å². The summed E-state index contributed by atoms with van der Waals surface area (Å²) in [5.74, 6) is 6.29. The van der Waals surface area contributed by atoms with Crippen LogP contribution >= 0.6 is 0 Å². The van der Waals surface area contributed by atoms with E-state index in [1.165, 1.54) is 16.7 Å². The van der Waals surface area contributed by atoms with Gasteiger partial charge in [0.05, 0.1) is 30.2 Å². The summed E-state index contributed by atoms with van der Waals surface area (Å²) >= 11 is 0. The summed E-state index contributed by atoms with van der Waals surface area (Å²) in [5, 5.41) is 6.38. The maximum Gasteiger partial charge on any atom is 0.261 e. The average molecular weight is 597 g/mol. The van der Waals surface area contributed by atoms with E-state index in [0.717, 1.165) is 0 Å². The Bertz CT molecular complexity index is 1620. The molecule has 0 unspecified atom stereocenters. The van der Waals surface area contributed by atoms with Gasteiger partial charge in [-0.3, -0.25) is 0 Å². The molecule has 1 aliphatic rings. The molecular weight excluding hydrogens is 560 g/mol. The summed E-state index contributed by atoms with van der Waals surface area (Å²) in [5.41, 5.74) is 22.0. The normalized spacial score (nSPS) is 18.7. The Morgan fingerprint density at radius 1 is 1.12 bits per heavy atom. The summed E-state index contributed by atoms with van der Waals surface area (Å²) in [4.78, 5) is 11.5. The molecule has 4 aromatic rings. The number of nitrogen functional groups attached to an aromatic ring is 1. The first-order valence-corrected chi connectivity index (χ1v) is 16.0. The van der Waals surface area contributed by atoms with Crippen LogP contribution < -0.4 is 21.8 Å². The second kappa shape index (κ2) is 13.0. The van der Waals surface area contributed by atoms with E-state index in [1.807, 2.05) is 22.9 Å². The number of benzene rings is 2. The first-order chi connectivity index (χ1) is 20.8. The molecule has 222 valence electrons. The molecule has 2 aromatic carbocycles. The minimum Gasteiger partial charge on any atom is -0.405 e. The van der Waals surface area contributed by atoms with Crippen molar-refractivity contribution < 1.29 is 13.9 Å². The van der Waals surface area contributed by atoms with E-state index in [2.05, 4.69) is 101 Å². The summed E-state index contributed by atoms with van der Waals surface area (Å²) < 4.78 is 21.8. The van der Waals surface area contributed by atoms with Gasteiger partial charge in [0.2, 0.25) is 0 Å². The molecule has 3 heterocycles. The number of azide groups is 1. The van der Waals surface area contributed by atoms with Crippen LogP contribution in [0.4, 0.5) is 5.82 Å². The predicted octanol–water partition coefficient (Wildman–Crippen LogP) is 3.84. The van der Waals surface area contributed by atoms with Crippen molar-refractivity contribution in [1.82, 2.24) is 14.5 Å². The van der Waals surface area contributed by atoms with Gasteiger partial charge in [0.1, 0.15) is 36.9 Å². The number of ether oxygens (including phenoxy) is 2. The first-order valence-electron chi connectivity index (χ1n) is 14.1. The third kappa shape index (κ3) is 6.00. The van der Waals surface area contributed by atoms with Gasteiger partial charge < -0.3 is 29.9 Å². The van der Waals surface area contributed by atoms with E-state index in [9.17, 15) is 0 Å². The van der Waals surface area contributed by atoms with Gasteiger partial charge in [0.15, 0.2) is 0 Å². The summed E-state index contributed by atoms with van der Waals surface area (Å²) in [7, 11) is -2.84. The van der Waals surface area contributed by atoms with Gasteiger partial charge in [-0.1, -0.05) is 98.4 Å². The van der Waals surface area contributed by atoms with E-state index in [1.54, 1.807) is 0 Å². The van der Waals surface area contributed by atoms with Crippen molar-refractivity contribution in [3.05, 3.63) is 89.2 Å². The van der Waals surface area contributed by atoms with Crippen molar-refractivity contribution in [2.24, 2.45) is 10.8 Å². The van der Waals surface area contributed by atoms with Crippen molar-refractivity contribution in [3.8, 4) is 11.8 Å². The molecule has 1 fully saturated rings. The molecule has 5 rings (SSSR count). The molecule has 1 aliphatic heterocycles. The fourth-order valence-corrected chi connectivity index (χ4v) is 10.5. The van der Waals surface area contributed by atoms with Crippen molar-refractivity contribution in [1.29, 1.82) is 0 Å². The minimum atomic E-state index is -2.84. The fraction of sp³-hybridized carbons (Fsp3) is 0.355. The molecule has 0 radical (unpaired) electrons. The Morgan fingerprint density at radius 3 is 2.40 bits per heavy atom. The van der Waals surface area contributed by atoms with Crippen molar-refractivity contribution >= 4 is 35.5 Å². The topological polar surface area (TPSA) is 159 Å². The Balaban J connectivity index is 1.52. The highest BCUT2D eigenvalue weighted by molar-refractivity contribution is 6.99. The Hall–Kier alpha value is -4.21. The lowest BCUT2D eigenvalue weighted by molar-refractivity contribution is -0.0562. The molecule has 12 heteroatoms. The molecule has 0 spiro atoms. The molecule has 43 heavy (non-hydrogen) atoms. The highest BCUT2D eigenvalue weighted by atomic mass is 28.4. The van der Waals surface area contributed by atoms with Crippen LogP contribution in [0.15, 0.2) is 78.3 Å². The number of nitrogens with zero attached hydrogens (tertiary/aromatic N) is 6. The zero-order valence-corrected chi connectivity index (χ0v) is 25.6. The summed E-state index contributed by atoms with van der Waals surface area (Å²) in [6.07, 6.45) is 2.41. The molecule has 0 saturated carbocycles. The van der Waals surface area contributed by atoms with Crippen LogP contribution in [0.25, 0.3) is 21.5 Å². The number of anilines is 1. The van der Waals surface area contributed by atoms with Crippen LogP contribution in [-0.2, 0) is 13.9 Å². The number of nitrogens with two attached hydrogens (primary N) is 2. The van der Waals surface area contributed by atoms with Gasteiger partial charge in [0.25, 0.3) is 8.32 Å². The van der Waals surface area contributed by atoms with Crippen LogP contribution in [0.1, 0.15) is 39.0 Å². The quantitative estimate of drug-likeness (QED) is 0.0976. The van der Waals surface area contributed by atoms with Crippen LogP contribution in [0.5, 0.6) is 0 Å². The van der Waals surface area contributed by atoms with Gasteiger partial charge >= 0.3 is 0 Å². The Kier molecular flexibility index (Phi) is 9.13. The van der Waals surface area contributed by atoms with E-state index >= 15 is 0 Å². The van der Waals surface area contributed by atoms with Gasteiger partial charge in [0, 0.05) is 17.5 Å². The second-order valence-electron chi connectivity index (χ2n) is 11.3. The lowest BCUT2D eigenvalue weighted by Crippen LogP contribution is -2.67. The summed E-state index contributed by atoms with van der Waals surface area (Å²) in [6.45, 7) is 7.03. The summed E-state index contributed by atoms with van der Waals surface area (Å²) in [6, 6.07) is 20.9. The Labute approximate surface area is 251 Å². The van der Waals surface area contributed by atoms with Crippen LogP contribution in [0.3, 0.4) is 0 Å². The molecule has 0 aliphatic carbocycles. The molecule has 11 nitrogen and oxygen atoms in total. The highest BCUT2D eigenvalue weighted by Gasteiger charge is 2.51. The molecule has 4 N–H and O–H groups in total. The number of hydrogen-bond donors (Lipinski definition) is 2. The lowest BCUT2D eigenvalue weighted by Gasteiger charge is -2.43. The van der Waals surface area contributed by atoms with E-state index in [0.29, 0.717) is 28.8 Å². The zero-order chi connectivity index (χ0) is 30.5.